The fourth-order valence-corrected chi connectivity index (χ4v) is 3.43. The lowest BCUT2D eigenvalue weighted by atomic mass is 9.82. The summed E-state index contributed by atoms with van der Waals surface area (Å²) in [6, 6.07) is 0. The first-order valence-electron chi connectivity index (χ1n) is 5.41. The Morgan fingerprint density at radius 1 is 1.29 bits per heavy atom. The van der Waals surface area contributed by atoms with E-state index in [9.17, 15) is 0 Å². The number of hydrogen-bond donors (Lipinski definition) is 1. The number of hydrogen-bond acceptors (Lipinski definition) is 2. The monoisotopic (exact) mass is 212 g/mol. The molecular weight excluding hydrogens is 196 g/mol. The summed E-state index contributed by atoms with van der Waals surface area (Å²) in [5.74, 6) is 1.50. The molecule has 0 saturated carbocycles. The quantitative estimate of drug-likeness (QED) is 0.594. The largest absolute Gasteiger partial charge is 0.374 e. The average molecular weight is 212 g/mol. The standard InChI is InChI=1S/C10H16N2OS/c1-11-10(14)12-4-6-7(5-12)9-3-2-8(6)13-9/h6-9H,2-5H2,1H3,(H,11,14). The molecule has 0 aromatic heterocycles. The van der Waals surface area contributed by atoms with E-state index in [1.807, 2.05) is 7.05 Å². The average Bonchev–Trinajstić information content (AvgIpc) is 2.87. The lowest BCUT2D eigenvalue weighted by Crippen LogP contribution is -2.37. The predicted molar refractivity (Wildman–Crippen MR) is 58.1 cm³/mol. The molecule has 1 N–H and O–H groups in total. The van der Waals surface area contributed by atoms with Crippen molar-refractivity contribution in [3.8, 4) is 0 Å². The van der Waals surface area contributed by atoms with Gasteiger partial charge in [0.05, 0.1) is 12.2 Å². The Hall–Kier alpha value is -0.350. The van der Waals surface area contributed by atoms with Gasteiger partial charge in [0.15, 0.2) is 5.11 Å². The number of nitrogens with one attached hydrogen (secondary N) is 1. The van der Waals surface area contributed by atoms with Gasteiger partial charge < -0.3 is 15.0 Å². The molecule has 3 fully saturated rings. The smallest absolute Gasteiger partial charge is 0.168 e. The zero-order valence-electron chi connectivity index (χ0n) is 8.40. The third-order valence-electron chi connectivity index (χ3n) is 3.95. The lowest BCUT2D eigenvalue weighted by molar-refractivity contribution is 0.0769. The van der Waals surface area contributed by atoms with Gasteiger partial charge >= 0.3 is 0 Å². The van der Waals surface area contributed by atoms with Crippen LogP contribution in [0.2, 0.25) is 0 Å². The number of thiocarbonyl (C=S) groups is 1. The molecule has 14 heavy (non-hydrogen) atoms. The van der Waals surface area contributed by atoms with Crippen molar-refractivity contribution in [3.63, 3.8) is 0 Å². The summed E-state index contributed by atoms with van der Waals surface area (Å²) in [6.45, 7) is 2.21. The van der Waals surface area contributed by atoms with Gasteiger partial charge in [-0.15, -0.1) is 0 Å². The zero-order chi connectivity index (χ0) is 9.71. The molecule has 4 unspecified atom stereocenters. The van der Waals surface area contributed by atoms with Crippen LogP contribution >= 0.6 is 12.2 Å². The molecule has 0 radical (unpaired) electrons. The molecule has 2 bridgehead atoms. The van der Waals surface area contributed by atoms with Crippen LogP contribution in [0.5, 0.6) is 0 Å². The summed E-state index contributed by atoms with van der Waals surface area (Å²) in [7, 11) is 1.90. The minimum Gasteiger partial charge on any atom is -0.374 e. The second-order valence-electron chi connectivity index (χ2n) is 4.58. The number of nitrogens with zero attached hydrogens (tertiary/aromatic N) is 1. The van der Waals surface area contributed by atoms with Gasteiger partial charge in [0, 0.05) is 32.0 Å². The van der Waals surface area contributed by atoms with Crippen molar-refractivity contribution in [1.82, 2.24) is 10.2 Å². The van der Waals surface area contributed by atoms with Gasteiger partial charge in [-0.1, -0.05) is 0 Å². The molecule has 78 valence electrons. The third kappa shape index (κ3) is 1.10. The molecule has 4 atom stereocenters. The first-order chi connectivity index (χ1) is 6.79. The van der Waals surface area contributed by atoms with E-state index < -0.39 is 0 Å². The van der Waals surface area contributed by atoms with E-state index in [1.54, 1.807) is 0 Å². The van der Waals surface area contributed by atoms with Crippen molar-refractivity contribution < 1.29 is 4.74 Å². The van der Waals surface area contributed by atoms with Crippen LogP contribution in [0.4, 0.5) is 0 Å². The SMILES string of the molecule is CNC(=S)N1CC2C3CCC(O3)C2C1. The van der Waals surface area contributed by atoms with E-state index in [-0.39, 0.29) is 0 Å². The first kappa shape index (κ1) is 8.92. The molecule has 0 aliphatic carbocycles. The minimum absolute atomic E-state index is 0.537. The van der Waals surface area contributed by atoms with Gasteiger partial charge in [0.2, 0.25) is 0 Å². The van der Waals surface area contributed by atoms with E-state index in [1.165, 1.54) is 12.8 Å². The molecule has 4 heteroatoms. The normalized spacial score (nSPS) is 44.2. The van der Waals surface area contributed by atoms with Crippen molar-refractivity contribution in [2.45, 2.75) is 25.0 Å². The highest BCUT2D eigenvalue weighted by atomic mass is 32.1. The molecule has 0 aromatic carbocycles. The number of likely N-dealkylation sites (tertiary alicyclic amines) is 1. The van der Waals surface area contributed by atoms with Crippen LogP contribution in [0.25, 0.3) is 0 Å². The van der Waals surface area contributed by atoms with E-state index in [0.29, 0.717) is 12.2 Å². The summed E-state index contributed by atoms with van der Waals surface area (Å²) in [5.41, 5.74) is 0. The van der Waals surface area contributed by atoms with E-state index in [2.05, 4.69) is 10.2 Å². The van der Waals surface area contributed by atoms with Crippen LogP contribution in [0.1, 0.15) is 12.8 Å². The second-order valence-corrected chi connectivity index (χ2v) is 4.96. The maximum atomic E-state index is 5.91. The van der Waals surface area contributed by atoms with Crippen LogP contribution in [-0.2, 0) is 4.74 Å². The zero-order valence-corrected chi connectivity index (χ0v) is 9.22. The first-order valence-corrected chi connectivity index (χ1v) is 5.82. The maximum absolute atomic E-state index is 5.91. The third-order valence-corrected chi connectivity index (χ3v) is 4.42. The van der Waals surface area contributed by atoms with Gasteiger partial charge in [-0.3, -0.25) is 0 Å². The van der Waals surface area contributed by atoms with Crippen molar-refractivity contribution in [3.05, 3.63) is 0 Å². The fraction of sp³-hybridized carbons (Fsp3) is 0.900. The Morgan fingerprint density at radius 2 is 1.86 bits per heavy atom. The summed E-state index contributed by atoms with van der Waals surface area (Å²) >= 11 is 5.26. The van der Waals surface area contributed by atoms with Crippen molar-refractivity contribution >= 4 is 17.3 Å². The highest BCUT2D eigenvalue weighted by Gasteiger charge is 2.53. The second kappa shape index (κ2) is 3.07. The number of ether oxygens (including phenoxy) is 1. The van der Waals surface area contributed by atoms with Crippen molar-refractivity contribution in [1.29, 1.82) is 0 Å². The molecule has 3 rings (SSSR count). The molecule has 0 aromatic rings. The Bertz CT molecular complexity index is 253. The summed E-state index contributed by atoms with van der Waals surface area (Å²) in [4.78, 5) is 2.30. The highest BCUT2D eigenvalue weighted by Crippen LogP contribution is 2.47. The molecule has 0 amide bonds. The fourth-order valence-electron chi connectivity index (χ4n) is 3.28. The van der Waals surface area contributed by atoms with Gasteiger partial charge in [-0.2, -0.15) is 0 Å². The van der Waals surface area contributed by atoms with Crippen LogP contribution < -0.4 is 5.32 Å². The topological polar surface area (TPSA) is 24.5 Å². The van der Waals surface area contributed by atoms with Gasteiger partial charge in [0.1, 0.15) is 0 Å². The number of rotatable bonds is 0. The lowest BCUT2D eigenvalue weighted by Gasteiger charge is -2.20. The van der Waals surface area contributed by atoms with Gasteiger partial charge in [-0.25, -0.2) is 0 Å². The van der Waals surface area contributed by atoms with Gasteiger partial charge in [-0.05, 0) is 25.1 Å². The van der Waals surface area contributed by atoms with Crippen LogP contribution in [0.15, 0.2) is 0 Å². The molecule has 3 aliphatic rings. The molecule has 3 heterocycles. The maximum Gasteiger partial charge on any atom is 0.168 e. The van der Waals surface area contributed by atoms with Crippen molar-refractivity contribution in [2.75, 3.05) is 20.1 Å². The summed E-state index contributed by atoms with van der Waals surface area (Å²) in [6.07, 6.45) is 3.61. The van der Waals surface area contributed by atoms with Crippen LogP contribution in [-0.4, -0.2) is 42.4 Å². The minimum atomic E-state index is 0.537. The summed E-state index contributed by atoms with van der Waals surface area (Å²) in [5, 5.41) is 3.96. The molecular formula is C10H16N2OS. The number of fused-ring (bicyclic) bond motifs is 5. The molecule has 0 spiro atoms. The van der Waals surface area contributed by atoms with Crippen LogP contribution in [0, 0.1) is 11.8 Å². The predicted octanol–water partition coefficient (Wildman–Crippen LogP) is 0.600. The molecule has 3 aliphatic heterocycles. The van der Waals surface area contributed by atoms with Crippen LogP contribution in [0.3, 0.4) is 0 Å². The van der Waals surface area contributed by atoms with E-state index in [0.717, 1.165) is 30.0 Å². The van der Waals surface area contributed by atoms with E-state index in [4.69, 9.17) is 17.0 Å². The Balaban J connectivity index is 1.73. The van der Waals surface area contributed by atoms with Crippen molar-refractivity contribution in [2.24, 2.45) is 11.8 Å². The Labute approximate surface area is 89.8 Å². The van der Waals surface area contributed by atoms with Gasteiger partial charge in [0.25, 0.3) is 0 Å². The molecule has 3 nitrogen and oxygen atoms in total. The Morgan fingerprint density at radius 3 is 2.36 bits per heavy atom. The Kier molecular flexibility index (Phi) is 1.96. The van der Waals surface area contributed by atoms with E-state index >= 15 is 0 Å². The summed E-state index contributed by atoms with van der Waals surface area (Å²) < 4.78 is 5.91. The highest BCUT2D eigenvalue weighted by molar-refractivity contribution is 7.80. The molecule has 3 saturated heterocycles.